The Hall–Kier alpha value is -4.39. The lowest BCUT2D eigenvalue weighted by Gasteiger charge is -2.23. The minimum atomic E-state index is -0.856. The van der Waals surface area contributed by atoms with Crippen molar-refractivity contribution in [2.24, 2.45) is 16.8 Å². The van der Waals surface area contributed by atoms with Gasteiger partial charge in [0.15, 0.2) is 17.0 Å². The number of nitrogens with zero attached hydrogens (tertiary/aromatic N) is 7. The van der Waals surface area contributed by atoms with E-state index < -0.39 is 24.5 Å². The molecule has 1 amide bonds. The predicted octanol–water partition coefficient (Wildman–Crippen LogP) is 5.08. The molecule has 1 aliphatic heterocycles. The number of carbonyl (C=O) groups excluding carboxylic acids is 1. The first kappa shape index (κ1) is 31.0. The zero-order valence-corrected chi connectivity index (χ0v) is 25.4. The molecule has 0 radical (unpaired) electrons. The first-order valence-corrected chi connectivity index (χ1v) is 14.8. The number of amides is 1. The van der Waals surface area contributed by atoms with Crippen LogP contribution in [0.15, 0.2) is 72.0 Å². The lowest BCUT2D eigenvalue weighted by atomic mass is 10.1. The summed E-state index contributed by atoms with van der Waals surface area (Å²) in [5, 5.41) is 20.0. The third kappa shape index (κ3) is 7.21. The van der Waals surface area contributed by atoms with E-state index in [0.29, 0.717) is 34.4 Å². The van der Waals surface area contributed by atoms with Gasteiger partial charge in [-0.1, -0.05) is 64.1 Å². The summed E-state index contributed by atoms with van der Waals surface area (Å²) >= 11 is 0. The highest BCUT2D eigenvalue weighted by molar-refractivity contribution is 5.97. The number of carbonyl (C=O) groups is 1. The van der Waals surface area contributed by atoms with Crippen LogP contribution in [0.4, 0.5) is 22.0 Å². The Kier molecular flexibility index (Phi) is 9.83. The van der Waals surface area contributed by atoms with E-state index in [-0.39, 0.29) is 24.9 Å². The molecule has 3 heterocycles. The first-order valence-electron chi connectivity index (χ1n) is 14.8. The number of aliphatic hydroxyl groups excluding tert-OH is 2. The maximum absolute atomic E-state index is 13.7. The number of aromatic nitrogens is 4. The van der Waals surface area contributed by atoms with Crippen molar-refractivity contribution in [3.8, 4) is 6.01 Å². The van der Waals surface area contributed by atoms with Crippen LogP contribution in [0.3, 0.4) is 0 Å². The Labute approximate surface area is 256 Å². The molecule has 0 bridgehead atoms. The summed E-state index contributed by atoms with van der Waals surface area (Å²) in [6.45, 7) is 9.84. The Balaban J connectivity index is 1.55. The van der Waals surface area contributed by atoms with Gasteiger partial charge in [-0.3, -0.25) is 4.57 Å². The zero-order chi connectivity index (χ0) is 31.2. The average molecular weight is 602 g/mol. The van der Waals surface area contributed by atoms with E-state index >= 15 is 0 Å². The van der Waals surface area contributed by atoms with Gasteiger partial charge in [-0.25, -0.2) is 19.7 Å². The number of hydrogen-bond acceptors (Lipinski definition) is 9. The van der Waals surface area contributed by atoms with Crippen molar-refractivity contribution in [2.45, 2.75) is 52.6 Å². The highest BCUT2D eigenvalue weighted by atomic mass is 16.6. The van der Waals surface area contributed by atoms with E-state index in [0.717, 1.165) is 13.1 Å². The molecule has 2 aromatic heterocycles. The fraction of sp³-hybridized carbons (Fsp3) is 0.406. The van der Waals surface area contributed by atoms with Crippen molar-refractivity contribution >= 4 is 40.8 Å². The summed E-state index contributed by atoms with van der Waals surface area (Å²) in [6.07, 6.45) is 0.541. The SMILES string of the molecule is CC(C)CN(C=Nc1nc(OC(=O)N(c2ccccc2)c2ccccc2)nc2c1ncn2[C@H]1C[C@H](O)[C@@H](CO)O1)CC(C)C. The zero-order valence-electron chi connectivity index (χ0n) is 25.4. The van der Waals surface area contributed by atoms with Crippen LogP contribution in [0.2, 0.25) is 0 Å². The Bertz CT molecular complexity index is 1510. The molecule has 0 spiro atoms. The smallest absolute Gasteiger partial charge is 0.394 e. The van der Waals surface area contributed by atoms with Crippen LogP contribution in [-0.2, 0) is 4.74 Å². The van der Waals surface area contributed by atoms with E-state index in [1.54, 1.807) is 10.9 Å². The highest BCUT2D eigenvalue weighted by Gasteiger charge is 2.36. The van der Waals surface area contributed by atoms with Gasteiger partial charge >= 0.3 is 12.1 Å². The molecule has 1 aliphatic rings. The number of benzene rings is 2. The number of aliphatic hydroxyl groups is 2. The van der Waals surface area contributed by atoms with Gasteiger partial charge in [0.05, 0.1) is 36.8 Å². The summed E-state index contributed by atoms with van der Waals surface area (Å²) < 4.78 is 13.3. The van der Waals surface area contributed by atoms with Crippen LogP contribution < -0.4 is 9.64 Å². The highest BCUT2D eigenvalue weighted by Crippen LogP contribution is 2.34. The number of para-hydroxylation sites is 2. The topological polar surface area (TPSA) is 138 Å². The Morgan fingerprint density at radius 3 is 2.20 bits per heavy atom. The lowest BCUT2D eigenvalue weighted by Crippen LogP contribution is -2.30. The second-order valence-electron chi connectivity index (χ2n) is 11.6. The maximum atomic E-state index is 13.7. The summed E-state index contributed by atoms with van der Waals surface area (Å²) in [7, 11) is 0. The van der Waals surface area contributed by atoms with Crippen molar-refractivity contribution in [3.63, 3.8) is 0 Å². The largest absolute Gasteiger partial charge is 0.426 e. The fourth-order valence-electron chi connectivity index (χ4n) is 5.16. The van der Waals surface area contributed by atoms with E-state index in [4.69, 9.17) is 14.5 Å². The van der Waals surface area contributed by atoms with Crippen LogP contribution in [-0.4, -0.2) is 79.0 Å². The summed E-state index contributed by atoms with van der Waals surface area (Å²) in [6, 6.07) is 18.1. The molecule has 0 aliphatic carbocycles. The molecule has 5 rings (SSSR count). The molecule has 12 nitrogen and oxygen atoms in total. The molecule has 4 aromatic rings. The normalized spacial score (nSPS) is 18.5. The van der Waals surface area contributed by atoms with Crippen LogP contribution in [0.1, 0.15) is 40.3 Å². The van der Waals surface area contributed by atoms with Crippen molar-refractivity contribution in [1.29, 1.82) is 0 Å². The second-order valence-corrected chi connectivity index (χ2v) is 11.6. The molecule has 0 unspecified atom stereocenters. The van der Waals surface area contributed by atoms with Crippen LogP contribution in [0.25, 0.3) is 11.2 Å². The lowest BCUT2D eigenvalue weighted by molar-refractivity contribution is -0.0432. The van der Waals surface area contributed by atoms with Gasteiger partial charge in [-0.05, 0) is 36.1 Å². The molecule has 2 N–H and O–H groups in total. The van der Waals surface area contributed by atoms with Gasteiger partial charge in [0.1, 0.15) is 12.3 Å². The summed E-state index contributed by atoms with van der Waals surface area (Å²) in [5.74, 6) is 1.04. The first-order chi connectivity index (χ1) is 21.2. The quantitative estimate of drug-likeness (QED) is 0.178. The van der Waals surface area contributed by atoms with Crippen LogP contribution in [0, 0.1) is 11.8 Å². The minimum absolute atomic E-state index is 0.218. The third-order valence-corrected chi connectivity index (χ3v) is 7.01. The van der Waals surface area contributed by atoms with Crippen LogP contribution in [0.5, 0.6) is 6.01 Å². The minimum Gasteiger partial charge on any atom is -0.394 e. The van der Waals surface area contributed by atoms with E-state index in [2.05, 4.69) is 47.5 Å². The predicted molar refractivity (Wildman–Crippen MR) is 167 cm³/mol. The number of imidazole rings is 1. The summed E-state index contributed by atoms with van der Waals surface area (Å²) in [4.78, 5) is 35.6. The maximum Gasteiger partial charge on any atom is 0.426 e. The molecule has 2 aromatic carbocycles. The van der Waals surface area contributed by atoms with E-state index in [1.807, 2.05) is 60.7 Å². The van der Waals surface area contributed by atoms with Crippen molar-refractivity contribution in [3.05, 3.63) is 67.0 Å². The number of anilines is 2. The van der Waals surface area contributed by atoms with Gasteiger partial charge in [-0.15, -0.1) is 0 Å². The molecule has 1 fully saturated rings. The van der Waals surface area contributed by atoms with E-state index in [1.165, 1.54) is 11.2 Å². The molecular weight excluding hydrogens is 562 g/mol. The van der Waals surface area contributed by atoms with Gasteiger partial charge < -0.3 is 24.6 Å². The molecule has 12 heteroatoms. The Morgan fingerprint density at radius 2 is 1.66 bits per heavy atom. The molecule has 232 valence electrons. The number of ether oxygens (including phenoxy) is 2. The van der Waals surface area contributed by atoms with Crippen LogP contribution >= 0.6 is 0 Å². The molecule has 44 heavy (non-hydrogen) atoms. The fourth-order valence-corrected chi connectivity index (χ4v) is 5.16. The average Bonchev–Trinajstić information content (AvgIpc) is 3.59. The second kappa shape index (κ2) is 13.9. The number of aliphatic imine (C=N–C) groups is 1. The summed E-state index contributed by atoms with van der Waals surface area (Å²) in [5.41, 5.74) is 1.91. The van der Waals surface area contributed by atoms with Crippen molar-refractivity contribution in [1.82, 2.24) is 24.4 Å². The van der Waals surface area contributed by atoms with Gasteiger partial charge in [0, 0.05) is 19.5 Å². The van der Waals surface area contributed by atoms with Crippen molar-refractivity contribution < 1.29 is 24.5 Å². The molecule has 1 saturated heterocycles. The van der Waals surface area contributed by atoms with Crippen molar-refractivity contribution in [2.75, 3.05) is 24.6 Å². The number of hydrogen-bond donors (Lipinski definition) is 2. The number of rotatable bonds is 11. The van der Waals surface area contributed by atoms with E-state index in [9.17, 15) is 15.0 Å². The monoisotopic (exact) mass is 601 g/mol. The molecule has 3 atom stereocenters. The molecule has 0 saturated carbocycles. The van der Waals surface area contributed by atoms with Gasteiger partial charge in [0.25, 0.3) is 0 Å². The standard InChI is InChI=1S/C32H39N7O5/c1-21(2)16-37(17-22(3)4)19-34-29-28-30(38(20-33-28)27-15-25(41)26(18-40)43-27)36-31(35-29)44-32(42)39(23-11-7-5-8-12-23)24-13-9-6-10-14-24/h5-14,19-22,25-27,40-41H,15-18H2,1-4H3/t25-,26+,27+/m0/s1. The molecular formula is C32H39N7O5. The van der Waals surface area contributed by atoms with Gasteiger partial charge in [0.2, 0.25) is 0 Å². The Morgan fingerprint density at radius 1 is 1.05 bits per heavy atom. The third-order valence-electron chi connectivity index (χ3n) is 7.01. The number of fused-ring (bicyclic) bond motifs is 1. The van der Waals surface area contributed by atoms with Gasteiger partial charge in [-0.2, -0.15) is 9.97 Å².